The van der Waals surface area contributed by atoms with Gasteiger partial charge in [0.1, 0.15) is 5.82 Å². The van der Waals surface area contributed by atoms with Crippen LogP contribution in [0.5, 0.6) is 0 Å². The van der Waals surface area contributed by atoms with Crippen LogP contribution in [0, 0.1) is 5.41 Å². The Balaban J connectivity index is 2.19. The number of hydrogen-bond acceptors (Lipinski definition) is 2. The third-order valence-electron chi connectivity index (χ3n) is 2.80. The van der Waals surface area contributed by atoms with Gasteiger partial charge in [-0.25, -0.2) is 4.98 Å². The smallest absolute Gasteiger partial charge is 0.139 e. The zero-order valence-electron chi connectivity index (χ0n) is 9.44. The standard InChI is InChI=1S/C14H10ClN3/c15-11-4-2-1-3-10(11)14-17-12-6-5-9(8-16)7-13(12)18-14/h1-8,16H,(H,17,18). The van der Waals surface area contributed by atoms with E-state index < -0.39 is 0 Å². The number of imidazole rings is 1. The quantitative estimate of drug-likeness (QED) is 0.671. The third kappa shape index (κ3) is 1.79. The lowest BCUT2D eigenvalue weighted by molar-refractivity contribution is 1.34. The Morgan fingerprint density at radius 3 is 2.78 bits per heavy atom. The van der Waals surface area contributed by atoms with Gasteiger partial charge in [0.25, 0.3) is 0 Å². The minimum atomic E-state index is 0.670. The molecule has 2 aromatic carbocycles. The predicted molar refractivity (Wildman–Crippen MR) is 74.4 cm³/mol. The zero-order chi connectivity index (χ0) is 12.5. The summed E-state index contributed by atoms with van der Waals surface area (Å²) in [6, 6.07) is 13.2. The van der Waals surface area contributed by atoms with Gasteiger partial charge in [0.2, 0.25) is 0 Å². The van der Waals surface area contributed by atoms with Crippen LogP contribution in [0.4, 0.5) is 0 Å². The van der Waals surface area contributed by atoms with Crippen LogP contribution in [-0.4, -0.2) is 16.2 Å². The van der Waals surface area contributed by atoms with Crippen LogP contribution >= 0.6 is 11.6 Å². The lowest BCUT2D eigenvalue weighted by atomic mass is 10.2. The van der Waals surface area contributed by atoms with E-state index in [0.717, 1.165) is 28.0 Å². The number of aromatic amines is 1. The fourth-order valence-corrected chi connectivity index (χ4v) is 2.12. The molecule has 4 heteroatoms. The van der Waals surface area contributed by atoms with Gasteiger partial charge in [0.05, 0.1) is 16.1 Å². The second-order valence-corrected chi connectivity index (χ2v) is 4.39. The van der Waals surface area contributed by atoms with Crippen LogP contribution in [0.2, 0.25) is 5.02 Å². The first-order chi connectivity index (χ1) is 8.78. The van der Waals surface area contributed by atoms with Crippen LogP contribution in [0.3, 0.4) is 0 Å². The van der Waals surface area contributed by atoms with Gasteiger partial charge >= 0.3 is 0 Å². The molecule has 0 aliphatic rings. The van der Waals surface area contributed by atoms with E-state index >= 15 is 0 Å². The van der Waals surface area contributed by atoms with Crippen LogP contribution in [0.25, 0.3) is 22.4 Å². The van der Waals surface area contributed by atoms with Crippen molar-refractivity contribution in [3.63, 3.8) is 0 Å². The number of nitrogens with zero attached hydrogens (tertiary/aromatic N) is 1. The zero-order valence-corrected chi connectivity index (χ0v) is 10.2. The van der Waals surface area contributed by atoms with Crippen molar-refractivity contribution in [1.29, 1.82) is 5.41 Å². The molecule has 1 aromatic heterocycles. The molecule has 0 aliphatic heterocycles. The number of H-pyrrole nitrogens is 1. The van der Waals surface area contributed by atoms with E-state index in [1.165, 1.54) is 6.21 Å². The molecular formula is C14H10ClN3. The van der Waals surface area contributed by atoms with E-state index in [9.17, 15) is 0 Å². The van der Waals surface area contributed by atoms with E-state index in [-0.39, 0.29) is 0 Å². The molecule has 3 nitrogen and oxygen atoms in total. The molecule has 18 heavy (non-hydrogen) atoms. The average Bonchev–Trinajstić information content (AvgIpc) is 2.81. The maximum Gasteiger partial charge on any atom is 0.139 e. The molecule has 0 saturated carbocycles. The van der Waals surface area contributed by atoms with Gasteiger partial charge in [-0.1, -0.05) is 29.8 Å². The van der Waals surface area contributed by atoms with Crippen LogP contribution < -0.4 is 0 Å². The highest BCUT2D eigenvalue weighted by atomic mass is 35.5. The Morgan fingerprint density at radius 2 is 2.00 bits per heavy atom. The molecule has 0 radical (unpaired) electrons. The molecule has 1 heterocycles. The number of benzene rings is 2. The molecule has 0 bridgehead atoms. The van der Waals surface area contributed by atoms with E-state index in [1.54, 1.807) is 0 Å². The summed E-state index contributed by atoms with van der Waals surface area (Å²) in [7, 11) is 0. The van der Waals surface area contributed by atoms with E-state index in [4.69, 9.17) is 17.0 Å². The summed E-state index contributed by atoms with van der Waals surface area (Å²) in [6.45, 7) is 0. The summed E-state index contributed by atoms with van der Waals surface area (Å²) in [6.07, 6.45) is 1.31. The fraction of sp³-hybridized carbons (Fsp3) is 0. The van der Waals surface area contributed by atoms with Crippen molar-refractivity contribution < 1.29 is 0 Å². The Morgan fingerprint density at radius 1 is 1.17 bits per heavy atom. The normalized spacial score (nSPS) is 10.7. The number of aromatic nitrogens is 2. The van der Waals surface area contributed by atoms with Gasteiger partial charge in [-0.05, 0) is 29.8 Å². The molecular weight excluding hydrogens is 246 g/mol. The highest BCUT2D eigenvalue weighted by Crippen LogP contribution is 2.27. The molecule has 0 amide bonds. The second-order valence-electron chi connectivity index (χ2n) is 3.99. The Labute approximate surface area is 109 Å². The van der Waals surface area contributed by atoms with Gasteiger partial charge < -0.3 is 10.4 Å². The molecule has 3 rings (SSSR count). The SMILES string of the molecule is N=Cc1ccc2nc(-c3ccccc3Cl)[nH]c2c1. The number of fused-ring (bicyclic) bond motifs is 1. The van der Waals surface area contributed by atoms with Gasteiger partial charge in [-0.3, -0.25) is 0 Å². The first kappa shape index (κ1) is 11.0. The number of halogens is 1. The van der Waals surface area contributed by atoms with Crippen molar-refractivity contribution >= 4 is 28.8 Å². The summed E-state index contributed by atoms with van der Waals surface area (Å²) >= 11 is 6.15. The predicted octanol–water partition coefficient (Wildman–Crippen LogP) is 3.88. The van der Waals surface area contributed by atoms with Crippen LogP contribution in [0.1, 0.15) is 5.56 Å². The van der Waals surface area contributed by atoms with Crippen molar-refractivity contribution in [3.05, 3.63) is 53.1 Å². The first-order valence-corrected chi connectivity index (χ1v) is 5.91. The van der Waals surface area contributed by atoms with E-state index in [0.29, 0.717) is 5.02 Å². The highest BCUT2D eigenvalue weighted by molar-refractivity contribution is 6.33. The minimum absolute atomic E-state index is 0.670. The van der Waals surface area contributed by atoms with Gasteiger partial charge in [0.15, 0.2) is 0 Å². The highest BCUT2D eigenvalue weighted by Gasteiger charge is 2.08. The molecule has 0 saturated heterocycles. The van der Waals surface area contributed by atoms with Crippen LogP contribution in [0.15, 0.2) is 42.5 Å². The van der Waals surface area contributed by atoms with Crippen molar-refractivity contribution in [1.82, 2.24) is 9.97 Å². The molecule has 3 aromatic rings. The van der Waals surface area contributed by atoms with Gasteiger partial charge in [-0.15, -0.1) is 0 Å². The van der Waals surface area contributed by atoms with Crippen LogP contribution in [-0.2, 0) is 0 Å². The fourth-order valence-electron chi connectivity index (χ4n) is 1.90. The lowest BCUT2D eigenvalue weighted by Crippen LogP contribution is -1.80. The summed E-state index contributed by atoms with van der Waals surface area (Å²) in [5.41, 5.74) is 3.50. The molecule has 0 unspecified atom stereocenters. The lowest BCUT2D eigenvalue weighted by Gasteiger charge is -1.98. The maximum atomic E-state index is 7.24. The number of hydrogen-bond donors (Lipinski definition) is 2. The van der Waals surface area contributed by atoms with E-state index in [2.05, 4.69) is 9.97 Å². The summed E-state index contributed by atoms with van der Waals surface area (Å²) < 4.78 is 0. The third-order valence-corrected chi connectivity index (χ3v) is 3.13. The largest absolute Gasteiger partial charge is 0.338 e. The molecule has 2 N–H and O–H groups in total. The molecule has 88 valence electrons. The van der Waals surface area contributed by atoms with Gasteiger partial charge in [0, 0.05) is 11.8 Å². The van der Waals surface area contributed by atoms with Crippen molar-refractivity contribution in [2.75, 3.05) is 0 Å². The van der Waals surface area contributed by atoms with Crippen molar-refractivity contribution in [2.24, 2.45) is 0 Å². The summed E-state index contributed by atoms with van der Waals surface area (Å²) in [5, 5.41) is 7.91. The van der Waals surface area contributed by atoms with Crippen molar-refractivity contribution in [2.45, 2.75) is 0 Å². The Hall–Kier alpha value is -2.13. The molecule has 0 atom stereocenters. The summed E-state index contributed by atoms with van der Waals surface area (Å²) in [4.78, 5) is 7.73. The number of rotatable bonds is 2. The first-order valence-electron chi connectivity index (χ1n) is 5.53. The maximum absolute atomic E-state index is 7.24. The monoisotopic (exact) mass is 255 g/mol. The molecule has 0 fully saturated rings. The Bertz CT molecular complexity index is 731. The number of nitrogens with one attached hydrogen (secondary N) is 2. The average molecular weight is 256 g/mol. The molecule has 0 spiro atoms. The van der Waals surface area contributed by atoms with Gasteiger partial charge in [-0.2, -0.15) is 0 Å². The van der Waals surface area contributed by atoms with E-state index in [1.807, 2.05) is 42.5 Å². The second kappa shape index (κ2) is 4.27. The minimum Gasteiger partial charge on any atom is -0.338 e. The topological polar surface area (TPSA) is 52.5 Å². The molecule has 0 aliphatic carbocycles. The van der Waals surface area contributed by atoms with Crippen molar-refractivity contribution in [3.8, 4) is 11.4 Å². The summed E-state index contributed by atoms with van der Waals surface area (Å²) in [5.74, 6) is 0.748. The Kier molecular flexibility index (Phi) is 2.61.